The van der Waals surface area contributed by atoms with Gasteiger partial charge in [0.05, 0.1) is 49.6 Å². The molecule has 5 rings (SSSR count). The van der Waals surface area contributed by atoms with E-state index < -0.39 is 11.9 Å². The second kappa shape index (κ2) is 14.4. The fourth-order valence-corrected chi connectivity index (χ4v) is 5.88. The largest absolute Gasteiger partial charge is 0.488 e. The van der Waals surface area contributed by atoms with E-state index in [1.165, 1.54) is 29.9 Å². The van der Waals surface area contributed by atoms with E-state index >= 15 is 0 Å². The van der Waals surface area contributed by atoms with Crippen LogP contribution in [0.5, 0.6) is 5.75 Å². The Hall–Kier alpha value is -3.80. The highest BCUT2D eigenvalue weighted by Crippen LogP contribution is 2.35. The molecule has 2 aliphatic carbocycles. The first kappa shape index (κ1) is 31.1. The lowest BCUT2D eigenvalue weighted by atomic mass is 9.85. The van der Waals surface area contributed by atoms with Gasteiger partial charge in [-0.2, -0.15) is 0 Å². The number of carboxylic acids is 2. The van der Waals surface area contributed by atoms with Crippen molar-refractivity contribution in [3.63, 3.8) is 0 Å². The molecule has 11 nitrogen and oxygen atoms in total. The van der Waals surface area contributed by atoms with Gasteiger partial charge >= 0.3 is 11.9 Å². The minimum absolute atomic E-state index is 0.127. The average molecular weight is 588 g/mol. The van der Waals surface area contributed by atoms with Crippen LogP contribution in [0.15, 0.2) is 30.4 Å². The number of anilines is 1. The van der Waals surface area contributed by atoms with Gasteiger partial charge in [-0.15, -0.1) is 0 Å². The van der Waals surface area contributed by atoms with Crippen LogP contribution >= 0.6 is 0 Å². The number of ketones is 1. The summed E-state index contributed by atoms with van der Waals surface area (Å²) in [6.07, 6.45) is 9.05. The summed E-state index contributed by atoms with van der Waals surface area (Å²) in [7, 11) is 0. The molecule has 1 saturated carbocycles. The topological polar surface area (TPSA) is 145 Å². The standard InChI is InChI=1S/C26H32FN3O4.C4H6O4/c27-18-9-10-24(34-20-5-1-2-6-20)23(15-18)29-13-11-28(12-14-29)16-19(31)17-30-25(32)21-7-3-4-8-22(21)26(30)33;5-3(6)1-2-4(7)8/h3-4,9-10,15,20-22H,1-2,5-8,11-14,16-17H2;1-2H2,(H,5,6)(H,7,8). The average Bonchev–Trinajstić information content (AvgIpc) is 3.56. The number of allylic oxidation sites excluding steroid dienone is 2. The molecule has 2 amide bonds. The number of aliphatic carboxylic acids is 2. The molecule has 2 N–H and O–H groups in total. The molecule has 4 aliphatic rings. The van der Waals surface area contributed by atoms with Gasteiger partial charge < -0.3 is 19.8 Å². The van der Waals surface area contributed by atoms with Crippen molar-refractivity contribution < 1.29 is 43.3 Å². The molecule has 3 fully saturated rings. The number of halogens is 1. The second-order valence-electron chi connectivity index (χ2n) is 11.1. The van der Waals surface area contributed by atoms with Crippen molar-refractivity contribution in [3.05, 3.63) is 36.2 Å². The number of carboxylic acid groups (broad SMARTS) is 2. The number of benzene rings is 1. The highest BCUT2D eigenvalue weighted by molar-refractivity contribution is 6.07. The molecule has 2 unspecified atom stereocenters. The molecule has 2 aliphatic heterocycles. The number of ether oxygens (including phenoxy) is 1. The highest BCUT2D eigenvalue weighted by atomic mass is 19.1. The van der Waals surface area contributed by atoms with Crippen LogP contribution in [0.1, 0.15) is 51.4 Å². The number of nitrogens with zero attached hydrogens (tertiary/aromatic N) is 3. The number of piperazine rings is 1. The molecule has 228 valence electrons. The van der Waals surface area contributed by atoms with Gasteiger partial charge in [-0.3, -0.25) is 33.8 Å². The molecular weight excluding hydrogens is 549 g/mol. The molecule has 42 heavy (non-hydrogen) atoms. The van der Waals surface area contributed by atoms with Crippen LogP contribution in [0.3, 0.4) is 0 Å². The maximum atomic E-state index is 14.0. The quantitative estimate of drug-likeness (QED) is 0.310. The summed E-state index contributed by atoms with van der Waals surface area (Å²) in [4.78, 5) is 62.6. The summed E-state index contributed by atoms with van der Waals surface area (Å²) in [5.41, 5.74) is 0.766. The molecule has 0 radical (unpaired) electrons. The number of carbonyl (C=O) groups is 5. The first-order valence-electron chi connectivity index (χ1n) is 14.5. The molecule has 0 spiro atoms. The predicted octanol–water partition coefficient (Wildman–Crippen LogP) is 2.73. The highest BCUT2D eigenvalue weighted by Gasteiger charge is 2.47. The fraction of sp³-hybridized carbons (Fsp3) is 0.567. The van der Waals surface area contributed by atoms with Crippen molar-refractivity contribution in [3.8, 4) is 5.75 Å². The summed E-state index contributed by atoms with van der Waals surface area (Å²) < 4.78 is 20.2. The lowest BCUT2D eigenvalue weighted by Gasteiger charge is -2.36. The van der Waals surface area contributed by atoms with Gasteiger partial charge in [-0.25, -0.2) is 4.39 Å². The third-order valence-electron chi connectivity index (χ3n) is 8.12. The summed E-state index contributed by atoms with van der Waals surface area (Å²) in [6.45, 7) is 2.63. The molecule has 1 aromatic carbocycles. The van der Waals surface area contributed by atoms with Crippen molar-refractivity contribution in [2.24, 2.45) is 11.8 Å². The van der Waals surface area contributed by atoms with Crippen LogP contribution in [-0.2, 0) is 24.0 Å². The third-order valence-corrected chi connectivity index (χ3v) is 8.12. The van der Waals surface area contributed by atoms with Gasteiger partial charge in [-0.1, -0.05) is 12.2 Å². The molecule has 1 aromatic rings. The number of fused-ring (bicyclic) bond motifs is 1. The Labute approximate surface area is 243 Å². The molecule has 2 heterocycles. The first-order chi connectivity index (χ1) is 20.1. The molecular formula is C30H38FN3O8. The first-order valence-corrected chi connectivity index (χ1v) is 14.5. The summed E-state index contributed by atoms with van der Waals surface area (Å²) in [5.74, 6) is -2.88. The van der Waals surface area contributed by atoms with E-state index in [-0.39, 0.29) is 67.3 Å². The van der Waals surface area contributed by atoms with Crippen molar-refractivity contribution in [2.75, 3.05) is 44.2 Å². The Balaban J connectivity index is 0.000000446. The van der Waals surface area contributed by atoms with E-state index in [9.17, 15) is 28.4 Å². The Morgan fingerprint density at radius 2 is 1.43 bits per heavy atom. The van der Waals surface area contributed by atoms with Gasteiger partial charge in [0, 0.05) is 32.2 Å². The predicted molar refractivity (Wildman–Crippen MR) is 150 cm³/mol. The number of likely N-dealkylation sites (tertiary alicyclic amines) is 1. The summed E-state index contributed by atoms with van der Waals surface area (Å²) in [5, 5.41) is 15.8. The van der Waals surface area contributed by atoms with Gasteiger partial charge in [0.15, 0.2) is 5.78 Å². The Morgan fingerprint density at radius 3 is 1.98 bits per heavy atom. The number of Topliss-reactive ketones (excluding diaryl/α,β-unsaturated/α-hetero) is 1. The maximum absolute atomic E-state index is 14.0. The third kappa shape index (κ3) is 8.15. The van der Waals surface area contributed by atoms with Crippen LogP contribution in [0.25, 0.3) is 0 Å². The van der Waals surface area contributed by atoms with E-state index in [2.05, 4.69) is 4.90 Å². The zero-order valence-electron chi connectivity index (χ0n) is 23.6. The maximum Gasteiger partial charge on any atom is 0.303 e. The zero-order valence-corrected chi connectivity index (χ0v) is 23.6. The Morgan fingerprint density at radius 1 is 0.857 bits per heavy atom. The zero-order chi connectivity index (χ0) is 30.2. The minimum atomic E-state index is -1.08. The van der Waals surface area contributed by atoms with Crippen LogP contribution in [0.2, 0.25) is 0 Å². The number of rotatable bonds is 10. The van der Waals surface area contributed by atoms with Crippen molar-refractivity contribution in [2.45, 2.75) is 57.5 Å². The van der Waals surface area contributed by atoms with Gasteiger partial charge in [0.2, 0.25) is 11.8 Å². The molecule has 2 saturated heterocycles. The van der Waals surface area contributed by atoms with Gasteiger partial charge in [0.1, 0.15) is 11.6 Å². The molecule has 0 aromatic heterocycles. The molecule has 0 bridgehead atoms. The number of hydrogen-bond donors (Lipinski definition) is 2. The Bertz CT molecular complexity index is 1170. The number of amides is 2. The van der Waals surface area contributed by atoms with E-state index in [1.54, 1.807) is 6.07 Å². The van der Waals surface area contributed by atoms with E-state index in [1.807, 2.05) is 17.1 Å². The van der Waals surface area contributed by atoms with Crippen molar-refractivity contribution in [1.29, 1.82) is 0 Å². The van der Waals surface area contributed by atoms with E-state index in [0.29, 0.717) is 39.0 Å². The van der Waals surface area contributed by atoms with E-state index in [4.69, 9.17) is 14.9 Å². The number of hydrogen-bond acceptors (Lipinski definition) is 8. The number of carbonyl (C=O) groups excluding carboxylic acids is 3. The second-order valence-corrected chi connectivity index (χ2v) is 11.1. The lowest BCUT2D eigenvalue weighted by Crippen LogP contribution is -2.49. The summed E-state index contributed by atoms with van der Waals surface area (Å²) in [6, 6.07) is 4.69. The van der Waals surface area contributed by atoms with Crippen LogP contribution in [0.4, 0.5) is 10.1 Å². The van der Waals surface area contributed by atoms with Crippen LogP contribution < -0.4 is 9.64 Å². The monoisotopic (exact) mass is 587 g/mol. The Kier molecular flexibility index (Phi) is 10.7. The van der Waals surface area contributed by atoms with Gasteiger partial charge in [0.25, 0.3) is 0 Å². The SMILES string of the molecule is O=C(CN1CCN(c2cc(F)ccc2OC2CCCC2)CC1)CN1C(=O)C2CC=CCC2C1=O.O=C(O)CCC(=O)O. The molecule has 12 heteroatoms. The van der Waals surface area contributed by atoms with Gasteiger partial charge in [-0.05, 0) is 50.7 Å². The smallest absolute Gasteiger partial charge is 0.303 e. The van der Waals surface area contributed by atoms with Crippen molar-refractivity contribution >= 4 is 35.2 Å². The lowest BCUT2D eigenvalue weighted by molar-refractivity contribution is -0.143. The van der Waals surface area contributed by atoms with Crippen molar-refractivity contribution in [1.82, 2.24) is 9.80 Å². The van der Waals surface area contributed by atoms with Crippen LogP contribution in [-0.4, -0.2) is 94.9 Å². The molecule has 2 atom stereocenters. The van der Waals surface area contributed by atoms with E-state index in [0.717, 1.165) is 24.3 Å². The minimum Gasteiger partial charge on any atom is -0.488 e. The fourth-order valence-electron chi connectivity index (χ4n) is 5.88. The van der Waals surface area contributed by atoms with Crippen LogP contribution in [0, 0.1) is 17.7 Å². The number of imide groups is 1. The summed E-state index contributed by atoms with van der Waals surface area (Å²) >= 11 is 0. The normalized spacial score (nSPS) is 22.5.